The Bertz CT molecular complexity index is 510. The zero-order chi connectivity index (χ0) is 15.1. The van der Waals surface area contributed by atoms with Gasteiger partial charge in [0.25, 0.3) is 5.69 Å². The van der Waals surface area contributed by atoms with Crippen molar-refractivity contribution in [1.82, 2.24) is 4.90 Å². The molecule has 108 valence electrons. The average molecular weight is 276 g/mol. The van der Waals surface area contributed by atoms with Crippen LogP contribution < -0.4 is 5.32 Å². The molecule has 20 heavy (non-hydrogen) atoms. The molecule has 0 spiro atoms. The second kappa shape index (κ2) is 7.46. The molecule has 0 amide bonds. The van der Waals surface area contributed by atoms with E-state index in [2.05, 4.69) is 24.1 Å². The van der Waals surface area contributed by atoms with Crippen LogP contribution >= 0.6 is 0 Å². The number of rotatable bonds is 7. The van der Waals surface area contributed by atoms with Crippen molar-refractivity contribution in [3.05, 3.63) is 33.9 Å². The minimum Gasteiger partial charge on any atom is -0.378 e. The Morgan fingerprint density at radius 1 is 1.55 bits per heavy atom. The molecule has 6 nitrogen and oxygen atoms in total. The Morgan fingerprint density at radius 2 is 2.25 bits per heavy atom. The summed E-state index contributed by atoms with van der Waals surface area (Å²) in [5.74, 6) is 0. The number of likely N-dealkylation sites (N-methyl/N-ethyl adjacent to an activating group) is 1. The molecule has 0 aromatic heterocycles. The number of benzene rings is 1. The third-order valence-corrected chi connectivity index (χ3v) is 3.45. The summed E-state index contributed by atoms with van der Waals surface area (Å²) in [6.45, 7) is 5.63. The molecular weight excluding hydrogens is 256 g/mol. The maximum atomic E-state index is 10.9. The van der Waals surface area contributed by atoms with Crippen LogP contribution in [0.1, 0.15) is 25.8 Å². The molecule has 1 aromatic carbocycles. The first-order valence-corrected chi connectivity index (χ1v) is 6.62. The highest BCUT2D eigenvalue weighted by molar-refractivity contribution is 5.64. The topological polar surface area (TPSA) is 82.2 Å². The lowest BCUT2D eigenvalue weighted by molar-refractivity contribution is -0.384. The second-order valence-corrected chi connectivity index (χ2v) is 4.77. The first-order chi connectivity index (χ1) is 9.49. The van der Waals surface area contributed by atoms with E-state index in [1.54, 1.807) is 0 Å². The molecule has 1 aromatic rings. The fraction of sp³-hybridized carbons (Fsp3) is 0.500. The summed E-state index contributed by atoms with van der Waals surface area (Å²) >= 11 is 0. The Hall–Kier alpha value is -2.13. The SMILES string of the molecule is CCC(C)N(C)CCNc1cc(C#N)ccc1[N+](=O)[O-]. The third-order valence-electron chi connectivity index (χ3n) is 3.45. The predicted molar refractivity (Wildman–Crippen MR) is 78.7 cm³/mol. The first-order valence-electron chi connectivity index (χ1n) is 6.62. The predicted octanol–water partition coefficient (Wildman–Crippen LogP) is 2.61. The van der Waals surface area contributed by atoms with Gasteiger partial charge in [-0.15, -0.1) is 0 Å². The van der Waals surface area contributed by atoms with Crippen LogP contribution in [0.3, 0.4) is 0 Å². The van der Waals surface area contributed by atoms with Crippen LogP contribution in [0.5, 0.6) is 0 Å². The van der Waals surface area contributed by atoms with Crippen LogP contribution in [0.2, 0.25) is 0 Å². The highest BCUT2D eigenvalue weighted by atomic mass is 16.6. The van der Waals surface area contributed by atoms with Gasteiger partial charge in [-0.3, -0.25) is 10.1 Å². The van der Waals surface area contributed by atoms with Crippen LogP contribution in [0.4, 0.5) is 11.4 Å². The maximum Gasteiger partial charge on any atom is 0.292 e. The van der Waals surface area contributed by atoms with Gasteiger partial charge in [0.05, 0.1) is 16.6 Å². The van der Waals surface area contributed by atoms with E-state index in [-0.39, 0.29) is 5.69 Å². The van der Waals surface area contributed by atoms with Gasteiger partial charge >= 0.3 is 0 Å². The molecule has 6 heteroatoms. The van der Waals surface area contributed by atoms with Crippen molar-refractivity contribution in [2.45, 2.75) is 26.3 Å². The quantitative estimate of drug-likeness (QED) is 0.611. The number of nitrogens with zero attached hydrogens (tertiary/aromatic N) is 3. The van der Waals surface area contributed by atoms with Crippen molar-refractivity contribution in [3.63, 3.8) is 0 Å². The normalized spacial score (nSPS) is 11.9. The summed E-state index contributed by atoms with van der Waals surface area (Å²) in [6, 6.07) is 6.79. The smallest absolute Gasteiger partial charge is 0.292 e. The zero-order valence-corrected chi connectivity index (χ0v) is 12.1. The maximum absolute atomic E-state index is 10.9. The van der Waals surface area contributed by atoms with Crippen molar-refractivity contribution in [2.24, 2.45) is 0 Å². The minimum atomic E-state index is -0.443. The zero-order valence-electron chi connectivity index (χ0n) is 12.1. The number of anilines is 1. The monoisotopic (exact) mass is 276 g/mol. The summed E-state index contributed by atoms with van der Waals surface area (Å²) in [5, 5.41) is 22.8. The van der Waals surface area contributed by atoms with Crippen molar-refractivity contribution >= 4 is 11.4 Å². The largest absolute Gasteiger partial charge is 0.378 e. The highest BCUT2D eigenvalue weighted by Gasteiger charge is 2.14. The first kappa shape index (κ1) is 15.9. The molecule has 0 heterocycles. The molecule has 0 aliphatic rings. The molecule has 1 unspecified atom stereocenters. The molecule has 1 rings (SSSR count). The van der Waals surface area contributed by atoms with E-state index < -0.39 is 4.92 Å². The van der Waals surface area contributed by atoms with Gasteiger partial charge in [-0.1, -0.05) is 6.92 Å². The van der Waals surface area contributed by atoms with Gasteiger partial charge in [-0.05, 0) is 32.5 Å². The molecule has 0 saturated carbocycles. The Labute approximate surface area is 119 Å². The fourth-order valence-corrected chi connectivity index (χ4v) is 1.81. The molecule has 0 saturated heterocycles. The van der Waals surface area contributed by atoms with Crippen molar-refractivity contribution in [1.29, 1.82) is 5.26 Å². The minimum absolute atomic E-state index is 0.00445. The summed E-state index contributed by atoms with van der Waals surface area (Å²) in [5.41, 5.74) is 0.801. The summed E-state index contributed by atoms with van der Waals surface area (Å²) in [7, 11) is 2.02. The molecule has 1 atom stereocenters. The van der Waals surface area contributed by atoms with E-state index in [1.165, 1.54) is 18.2 Å². The van der Waals surface area contributed by atoms with Crippen LogP contribution in [-0.2, 0) is 0 Å². The number of hydrogen-bond acceptors (Lipinski definition) is 5. The van der Waals surface area contributed by atoms with Crippen molar-refractivity contribution in [2.75, 3.05) is 25.5 Å². The molecule has 0 fully saturated rings. The lowest BCUT2D eigenvalue weighted by Gasteiger charge is -2.23. The van der Waals surface area contributed by atoms with E-state index in [4.69, 9.17) is 5.26 Å². The lowest BCUT2D eigenvalue weighted by atomic mass is 10.2. The van der Waals surface area contributed by atoms with E-state index in [0.29, 0.717) is 23.8 Å². The molecule has 0 aliphatic heterocycles. The standard InChI is InChI=1S/C14H20N4O2/c1-4-11(2)17(3)8-7-16-13-9-12(10-15)5-6-14(13)18(19)20/h5-6,9,11,16H,4,7-8H2,1-3H3. The van der Waals surface area contributed by atoms with Crippen LogP contribution in [0.25, 0.3) is 0 Å². The number of nitriles is 1. The summed E-state index contributed by atoms with van der Waals surface area (Å²) in [4.78, 5) is 12.7. The number of nitro benzene ring substituents is 1. The van der Waals surface area contributed by atoms with Crippen LogP contribution in [-0.4, -0.2) is 36.0 Å². The van der Waals surface area contributed by atoms with Gasteiger partial charge in [0.1, 0.15) is 5.69 Å². The lowest BCUT2D eigenvalue weighted by Crippen LogP contribution is -2.32. The fourth-order valence-electron chi connectivity index (χ4n) is 1.81. The number of nitrogens with one attached hydrogen (secondary N) is 1. The average Bonchev–Trinajstić information content (AvgIpc) is 2.45. The third kappa shape index (κ3) is 4.21. The summed E-state index contributed by atoms with van der Waals surface area (Å²) in [6.07, 6.45) is 1.06. The van der Waals surface area contributed by atoms with Gasteiger partial charge in [0.15, 0.2) is 0 Å². The number of nitro groups is 1. The second-order valence-electron chi connectivity index (χ2n) is 4.77. The number of hydrogen-bond donors (Lipinski definition) is 1. The van der Waals surface area contributed by atoms with Gasteiger partial charge in [0, 0.05) is 25.2 Å². The molecule has 0 aliphatic carbocycles. The Balaban J connectivity index is 2.71. The van der Waals surface area contributed by atoms with Gasteiger partial charge in [0.2, 0.25) is 0 Å². The van der Waals surface area contributed by atoms with Crippen LogP contribution in [0, 0.1) is 21.4 Å². The van der Waals surface area contributed by atoms with Crippen molar-refractivity contribution in [3.8, 4) is 6.07 Å². The van der Waals surface area contributed by atoms with Crippen molar-refractivity contribution < 1.29 is 4.92 Å². The summed E-state index contributed by atoms with van der Waals surface area (Å²) < 4.78 is 0. The Morgan fingerprint density at radius 3 is 2.80 bits per heavy atom. The highest BCUT2D eigenvalue weighted by Crippen LogP contribution is 2.25. The molecule has 0 radical (unpaired) electrons. The molecule has 1 N–H and O–H groups in total. The van der Waals surface area contributed by atoms with E-state index in [1.807, 2.05) is 13.1 Å². The Kier molecular flexibility index (Phi) is 5.94. The molecular formula is C14H20N4O2. The van der Waals surface area contributed by atoms with Gasteiger partial charge in [-0.2, -0.15) is 5.26 Å². The van der Waals surface area contributed by atoms with Gasteiger partial charge in [-0.25, -0.2) is 0 Å². The van der Waals surface area contributed by atoms with E-state index in [9.17, 15) is 10.1 Å². The molecule has 0 bridgehead atoms. The van der Waals surface area contributed by atoms with Gasteiger partial charge < -0.3 is 10.2 Å². The van der Waals surface area contributed by atoms with E-state index >= 15 is 0 Å². The van der Waals surface area contributed by atoms with E-state index in [0.717, 1.165) is 13.0 Å². The van der Waals surface area contributed by atoms with Crippen LogP contribution in [0.15, 0.2) is 18.2 Å².